The zero-order valence-electron chi connectivity index (χ0n) is 21.8. The fourth-order valence-electron chi connectivity index (χ4n) is 4.89. The normalized spacial score (nSPS) is 15.3. The lowest BCUT2D eigenvalue weighted by molar-refractivity contribution is -0.122. The molecule has 5 aromatic rings. The number of aromatic nitrogens is 1. The van der Waals surface area contributed by atoms with Crippen molar-refractivity contribution in [3.63, 3.8) is 0 Å². The predicted molar refractivity (Wildman–Crippen MR) is 162 cm³/mol. The Morgan fingerprint density at radius 1 is 0.800 bits per heavy atom. The first-order valence-corrected chi connectivity index (χ1v) is 13.9. The van der Waals surface area contributed by atoms with Crippen LogP contribution < -0.4 is 0 Å². The number of nitriles is 1. The maximum absolute atomic E-state index is 13.8. The minimum atomic E-state index is -0.0488. The molecule has 0 unspecified atom stereocenters. The van der Waals surface area contributed by atoms with Gasteiger partial charge in [0.05, 0.1) is 29.6 Å². The molecule has 1 amide bonds. The number of fused-ring (bicyclic) bond motifs is 1. The van der Waals surface area contributed by atoms with Gasteiger partial charge in [0.15, 0.2) is 5.17 Å². The van der Waals surface area contributed by atoms with Gasteiger partial charge in [-0.15, -0.1) is 0 Å². The standard InChI is InChI=1S/C34H26N4OS/c35-20-27-15-7-8-16-28(27)23-37-24-29(30-17-9-10-18-31(30)37)19-32-33(39)38(22-26-13-5-2-6-14-26)34(40-32)36-21-25-11-3-1-4-12-25/h1-19,24H,21-23H2/b32-19-,36-34?. The van der Waals surface area contributed by atoms with Crippen LogP contribution in [0.1, 0.15) is 27.8 Å². The molecule has 6 rings (SSSR count). The molecule has 0 atom stereocenters. The highest BCUT2D eigenvalue weighted by atomic mass is 32.2. The molecule has 1 aliphatic rings. The number of thioether (sulfide) groups is 1. The molecule has 4 aromatic carbocycles. The molecule has 40 heavy (non-hydrogen) atoms. The van der Waals surface area contributed by atoms with Crippen LogP contribution in [0, 0.1) is 11.3 Å². The van der Waals surface area contributed by atoms with Crippen molar-refractivity contribution in [3.8, 4) is 6.07 Å². The number of hydrogen-bond acceptors (Lipinski definition) is 4. The summed E-state index contributed by atoms with van der Waals surface area (Å²) in [6.45, 7) is 1.54. The fraction of sp³-hybridized carbons (Fsp3) is 0.0882. The van der Waals surface area contributed by atoms with Crippen LogP contribution in [0.3, 0.4) is 0 Å². The van der Waals surface area contributed by atoms with Crippen molar-refractivity contribution in [2.24, 2.45) is 4.99 Å². The van der Waals surface area contributed by atoms with Crippen LogP contribution in [-0.2, 0) is 24.4 Å². The van der Waals surface area contributed by atoms with Crippen LogP contribution in [0.2, 0.25) is 0 Å². The Bertz CT molecular complexity index is 1780. The number of hydrogen-bond donors (Lipinski definition) is 0. The van der Waals surface area contributed by atoms with Gasteiger partial charge in [0.25, 0.3) is 5.91 Å². The van der Waals surface area contributed by atoms with Gasteiger partial charge in [0, 0.05) is 29.2 Å². The smallest absolute Gasteiger partial charge is 0.267 e. The first-order valence-electron chi connectivity index (χ1n) is 13.1. The summed E-state index contributed by atoms with van der Waals surface area (Å²) in [6.07, 6.45) is 4.05. The van der Waals surface area contributed by atoms with E-state index < -0.39 is 0 Å². The van der Waals surface area contributed by atoms with Gasteiger partial charge in [-0.25, -0.2) is 0 Å². The summed E-state index contributed by atoms with van der Waals surface area (Å²) in [4.78, 5) is 21.0. The number of carbonyl (C=O) groups is 1. The quantitative estimate of drug-likeness (QED) is 0.205. The van der Waals surface area contributed by atoms with Crippen molar-refractivity contribution < 1.29 is 4.79 Å². The lowest BCUT2D eigenvalue weighted by atomic mass is 10.1. The number of aliphatic imine (C=N–C) groups is 1. The van der Waals surface area contributed by atoms with Gasteiger partial charge in [-0.3, -0.25) is 14.7 Å². The second-order valence-corrected chi connectivity index (χ2v) is 10.6. The first-order chi connectivity index (χ1) is 19.7. The summed E-state index contributed by atoms with van der Waals surface area (Å²) < 4.78 is 2.15. The maximum atomic E-state index is 13.8. The Morgan fingerprint density at radius 3 is 2.25 bits per heavy atom. The van der Waals surface area contributed by atoms with E-state index in [9.17, 15) is 10.1 Å². The molecule has 1 saturated heterocycles. The molecular weight excluding hydrogens is 512 g/mol. The molecule has 6 heteroatoms. The fourth-order valence-corrected chi connectivity index (χ4v) is 5.85. The third-order valence-corrected chi connectivity index (χ3v) is 7.94. The monoisotopic (exact) mass is 538 g/mol. The first kappa shape index (κ1) is 25.4. The molecule has 1 fully saturated rings. The van der Waals surface area contributed by atoms with Gasteiger partial charge in [-0.1, -0.05) is 97.1 Å². The molecule has 0 bridgehead atoms. The molecule has 0 radical (unpaired) electrons. The van der Waals surface area contributed by atoms with Crippen molar-refractivity contribution in [2.75, 3.05) is 0 Å². The summed E-state index contributed by atoms with van der Waals surface area (Å²) in [5.41, 5.74) is 5.79. The lowest BCUT2D eigenvalue weighted by Crippen LogP contribution is -2.28. The highest BCUT2D eigenvalue weighted by Gasteiger charge is 2.33. The van der Waals surface area contributed by atoms with E-state index >= 15 is 0 Å². The lowest BCUT2D eigenvalue weighted by Gasteiger charge is -2.15. The zero-order valence-corrected chi connectivity index (χ0v) is 22.6. The van der Waals surface area contributed by atoms with E-state index in [0.29, 0.717) is 35.3 Å². The van der Waals surface area contributed by atoms with Crippen molar-refractivity contribution in [1.82, 2.24) is 9.47 Å². The molecule has 2 heterocycles. The van der Waals surface area contributed by atoms with Gasteiger partial charge in [0.2, 0.25) is 0 Å². The number of para-hydroxylation sites is 1. The van der Waals surface area contributed by atoms with Gasteiger partial charge in [-0.2, -0.15) is 5.26 Å². The Hall–Kier alpha value is -4.86. The second-order valence-electron chi connectivity index (χ2n) is 9.57. The van der Waals surface area contributed by atoms with E-state index in [-0.39, 0.29) is 5.91 Å². The number of nitrogens with zero attached hydrogens (tertiary/aromatic N) is 4. The van der Waals surface area contributed by atoms with E-state index in [0.717, 1.165) is 33.2 Å². The summed E-state index contributed by atoms with van der Waals surface area (Å²) in [5, 5.41) is 11.3. The van der Waals surface area contributed by atoms with Crippen molar-refractivity contribution in [3.05, 3.63) is 148 Å². The van der Waals surface area contributed by atoms with Crippen LogP contribution in [0.4, 0.5) is 0 Å². The molecule has 0 aliphatic carbocycles. The molecular formula is C34H26N4OS. The summed E-state index contributed by atoms with van der Waals surface area (Å²) in [6, 6.07) is 38.2. The van der Waals surface area contributed by atoms with Crippen LogP contribution in [-0.4, -0.2) is 20.5 Å². The van der Waals surface area contributed by atoms with E-state index in [2.05, 4.69) is 29.0 Å². The number of amides is 1. The van der Waals surface area contributed by atoms with E-state index in [4.69, 9.17) is 4.99 Å². The molecule has 194 valence electrons. The summed E-state index contributed by atoms with van der Waals surface area (Å²) in [7, 11) is 0. The third kappa shape index (κ3) is 5.33. The maximum Gasteiger partial charge on any atom is 0.267 e. The number of rotatable bonds is 7. The van der Waals surface area contributed by atoms with Crippen LogP contribution in [0.15, 0.2) is 125 Å². The molecule has 1 aromatic heterocycles. The van der Waals surface area contributed by atoms with Crippen molar-refractivity contribution >= 4 is 39.8 Å². The third-order valence-electron chi connectivity index (χ3n) is 6.90. The Balaban J connectivity index is 1.36. The average molecular weight is 539 g/mol. The largest absolute Gasteiger partial charge is 0.342 e. The number of amidine groups is 1. The van der Waals surface area contributed by atoms with Crippen molar-refractivity contribution in [2.45, 2.75) is 19.6 Å². The SMILES string of the molecule is N#Cc1ccccc1Cn1cc(/C=C2\SC(=NCc3ccccc3)N(Cc3ccccc3)C2=O)c2ccccc21. The van der Waals surface area contributed by atoms with Gasteiger partial charge in [0.1, 0.15) is 0 Å². The molecule has 0 saturated carbocycles. The number of benzene rings is 4. The van der Waals surface area contributed by atoms with Crippen LogP contribution in [0.5, 0.6) is 0 Å². The highest BCUT2D eigenvalue weighted by Crippen LogP contribution is 2.36. The highest BCUT2D eigenvalue weighted by molar-refractivity contribution is 8.18. The average Bonchev–Trinajstić information content (AvgIpc) is 3.49. The van der Waals surface area contributed by atoms with Gasteiger partial charge < -0.3 is 4.57 Å². The van der Waals surface area contributed by atoms with E-state index in [1.807, 2.05) is 103 Å². The predicted octanol–water partition coefficient (Wildman–Crippen LogP) is 7.23. The summed E-state index contributed by atoms with van der Waals surface area (Å²) in [5.74, 6) is -0.0488. The molecule has 0 spiro atoms. The van der Waals surface area contributed by atoms with Gasteiger partial charge in [-0.05, 0) is 46.7 Å². The molecule has 1 aliphatic heterocycles. The second kappa shape index (κ2) is 11.5. The van der Waals surface area contributed by atoms with E-state index in [1.165, 1.54) is 11.8 Å². The zero-order chi connectivity index (χ0) is 27.3. The Kier molecular flexibility index (Phi) is 7.30. The van der Waals surface area contributed by atoms with Gasteiger partial charge >= 0.3 is 0 Å². The summed E-state index contributed by atoms with van der Waals surface area (Å²) >= 11 is 1.42. The topological polar surface area (TPSA) is 61.4 Å². The Morgan fingerprint density at radius 2 is 1.48 bits per heavy atom. The minimum Gasteiger partial charge on any atom is -0.342 e. The minimum absolute atomic E-state index is 0.0488. The molecule has 0 N–H and O–H groups in total. The van der Waals surface area contributed by atoms with E-state index in [1.54, 1.807) is 4.90 Å². The van der Waals surface area contributed by atoms with Crippen LogP contribution in [0.25, 0.3) is 17.0 Å². The number of carbonyl (C=O) groups excluding carboxylic acids is 1. The van der Waals surface area contributed by atoms with Crippen molar-refractivity contribution in [1.29, 1.82) is 5.26 Å². The van der Waals surface area contributed by atoms with Crippen LogP contribution >= 0.6 is 11.8 Å². The molecule has 5 nitrogen and oxygen atoms in total. The Labute approximate surface area is 237 Å².